The van der Waals surface area contributed by atoms with Crippen LogP contribution in [-0.4, -0.2) is 16.5 Å². The Morgan fingerprint density at radius 1 is 1.32 bits per heavy atom. The van der Waals surface area contributed by atoms with Gasteiger partial charge < -0.3 is 16.4 Å². The van der Waals surface area contributed by atoms with Gasteiger partial charge in [0.25, 0.3) is 0 Å². The molecule has 1 saturated carbocycles. The number of rotatable bonds is 7. The van der Waals surface area contributed by atoms with E-state index in [0.717, 1.165) is 55.7 Å². The van der Waals surface area contributed by atoms with Gasteiger partial charge in [-0.2, -0.15) is 0 Å². The van der Waals surface area contributed by atoms with Gasteiger partial charge in [-0.25, -0.2) is 0 Å². The highest BCUT2D eigenvalue weighted by molar-refractivity contribution is 14.1. The Bertz CT molecular complexity index is 422. The molecule has 4 atom stereocenters. The van der Waals surface area contributed by atoms with E-state index in [1.807, 2.05) is 6.92 Å². The van der Waals surface area contributed by atoms with Crippen LogP contribution in [0.25, 0.3) is 0 Å². The highest BCUT2D eigenvalue weighted by Gasteiger charge is 2.45. The molecule has 0 aromatic rings. The van der Waals surface area contributed by atoms with Crippen LogP contribution in [0.1, 0.15) is 58.8 Å². The smallest absolute Gasteiger partial charge is 0.220 e. The van der Waals surface area contributed by atoms with Gasteiger partial charge in [0.1, 0.15) is 0 Å². The van der Waals surface area contributed by atoms with Crippen molar-refractivity contribution < 1.29 is 4.79 Å². The van der Waals surface area contributed by atoms with Crippen molar-refractivity contribution in [3.63, 3.8) is 0 Å². The first-order chi connectivity index (χ1) is 10.5. The zero-order valence-corrected chi connectivity index (χ0v) is 16.0. The molecule has 0 radical (unpaired) electrons. The standard InChI is InChI=1S/C17H30IN3O/c1-11-13-6-8-15(19)16(9-7-14(11)13)20-10-4-3-5-17(22)21-12(2)18/h11-14,20H,3-10,19H2,1-2H3,(H,21,22)/b16-15-. The summed E-state index contributed by atoms with van der Waals surface area (Å²) in [6.45, 7) is 5.29. The molecule has 4 unspecified atom stereocenters. The summed E-state index contributed by atoms with van der Waals surface area (Å²) < 4.78 is 0.205. The summed E-state index contributed by atoms with van der Waals surface area (Å²) >= 11 is 2.21. The van der Waals surface area contributed by atoms with Crippen LogP contribution in [0.15, 0.2) is 11.4 Å². The molecule has 5 heteroatoms. The Kier molecular flexibility index (Phi) is 6.84. The lowest BCUT2D eigenvalue weighted by atomic mass is 10.0. The molecular formula is C17H30IN3O. The minimum absolute atomic E-state index is 0.153. The maximum Gasteiger partial charge on any atom is 0.220 e. The molecular weight excluding hydrogens is 389 g/mol. The quantitative estimate of drug-likeness (QED) is 0.257. The lowest BCUT2D eigenvalue weighted by molar-refractivity contribution is -0.121. The molecule has 2 aliphatic rings. The molecule has 0 aromatic carbocycles. The molecule has 0 aromatic heterocycles. The van der Waals surface area contributed by atoms with Crippen LogP contribution in [0.5, 0.6) is 0 Å². The summed E-state index contributed by atoms with van der Waals surface area (Å²) in [7, 11) is 0. The van der Waals surface area contributed by atoms with E-state index in [4.69, 9.17) is 5.73 Å². The van der Waals surface area contributed by atoms with E-state index in [1.165, 1.54) is 18.5 Å². The molecule has 0 heterocycles. The predicted octanol–water partition coefficient (Wildman–Crippen LogP) is 3.27. The number of halogens is 1. The maximum atomic E-state index is 11.6. The second-order valence-electron chi connectivity index (χ2n) is 6.84. The summed E-state index contributed by atoms with van der Waals surface area (Å²) in [6.07, 6.45) is 7.25. The number of amides is 1. The molecule has 2 aliphatic carbocycles. The van der Waals surface area contributed by atoms with Crippen LogP contribution in [0.3, 0.4) is 0 Å². The first-order valence-corrected chi connectivity index (χ1v) is 9.88. The molecule has 2 rings (SSSR count). The molecule has 1 fully saturated rings. The number of carbonyl (C=O) groups is 1. The number of alkyl halides is 1. The Balaban J connectivity index is 1.63. The van der Waals surface area contributed by atoms with E-state index in [1.54, 1.807) is 0 Å². The first-order valence-electron chi connectivity index (χ1n) is 8.64. The topological polar surface area (TPSA) is 67.2 Å². The minimum Gasteiger partial charge on any atom is -0.401 e. The molecule has 4 nitrogen and oxygen atoms in total. The van der Waals surface area contributed by atoms with E-state index in [9.17, 15) is 4.79 Å². The number of hydrogen-bond acceptors (Lipinski definition) is 3. The van der Waals surface area contributed by atoms with E-state index in [-0.39, 0.29) is 9.96 Å². The second-order valence-corrected chi connectivity index (χ2v) is 8.70. The number of allylic oxidation sites excluding steroid dienone is 2. The normalized spacial score (nSPS) is 32.4. The maximum absolute atomic E-state index is 11.6. The van der Waals surface area contributed by atoms with Gasteiger partial charge in [0.15, 0.2) is 0 Å². The fourth-order valence-electron chi connectivity index (χ4n) is 3.68. The number of nitrogens with two attached hydrogens (primary N) is 1. The van der Waals surface area contributed by atoms with Crippen molar-refractivity contribution in [1.82, 2.24) is 10.6 Å². The van der Waals surface area contributed by atoms with Gasteiger partial charge in [-0.15, -0.1) is 0 Å². The fourth-order valence-corrected chi connectivity index (χ4v) is 4.03. The van der Waals surface area contributed by atoms with Gasteiger partial charge in [0.2, 0.25) is 5.91 Å². The van der Waals surface area contributed by atoms with Gasteiger partial charge >= 0.3 is 0 Å². The fraction of sp³-hybridized carbons (Fsp3) is 0.824. The first kappa shape index (κ1) is 17.9. The Labute approximate surface area is 148 Å². The minimum atomic E-state index is 0.153. The lowest BCUT2D eigenvalue weighted by Crippen LogP contribution is -2.28. The van der Waals surface area contributed by atoms with Gasteiger partial charge in [-0.3, -0.25) is 4.79 Å². The Hall–Kier alpha value is -0.460. The van der Waals surface area contributed by atoms with Crippen LogP contribution in [0.4, 0.5) is 0 Å². The van der Waals surface area contributed by atoms with Crippen LogP contribution in [-0.2, 0) is 4.79 Å². The molecule has 0 saturated heterocycles. The third-order valence-corrected chi connectivity index (χ3v) is 5.46. The zero-order valence-electron chi connectivity index (χ0n) is 13.8. The summed E-state index contributed by atoms with van der Waals surface area (Å²) in [4.78, 5) is 11.6. The largest absolute Gasteiger partial charge is 0.401 e. The molecule has 1 amide bonds. The van der Waals surface area contributed by atoms with Crippen molar-refractivity contribution in [2.45, 2.75) is 62.8 Å². The van der Waals surface area contributed by atoms with Crippen LogP contribution < -0.4 is 16.4 Å². The van der Waals surface area contributed by atoms with Crippen LogP contribution in [0, 0.1) is 17.8 Å². The van der Waals surface area contributed by atoms with Crippen molar-refractivity contribution in [3.05, 3.63) is 11.4 Å². The van der Waals surface area contributed by atoms with Gasteiger partial charge in [-0.1, -0.05) is 29.5 Å². The molecule has 0 bridgehead atoms. The third kappa shape index (κ3) is 5.32. The Morgan fingerprint density at radius 3 is 2.68 bits per heavy atom. The lowest BCUT2D eigenvalue weighted by Gasteiger charge is -2.17. The number of unbranched alkanes of at least 4 members (excludes halogenated alkanes) is 1. The molecule has 126 valence electrons. The van der Waals surface area contributed by atoms with Gasteiger partial charge in [0, 0.05) is 24.4 Å². The summed E-state index contributed by atoms with van der Waals surface area (Å²) in [5, 5.41) is 6.45. The molecule has 22 heavy (non-hydrogen) atoms. The van der Waals surface area contributed by atoms with E-state index in [0.29, 0.717) is 6.42 Å². The third-order valence-electron chi connectivity index (χ3n) is 5.15. The van der Waals surface area contributed by atoms with Crippen molar-refractivity contribution in [3.8, 4) is 0 Å². The number of hydrogen-bond donors (Lipinski definition) is 3. The van der Waals surface area contributed by atoms with E-state index >= 15 is 0 Å². The van der Waals surface area contributed by atoms with Crippen molar-refractivity contribution in [2.75, 3.05) is 6.54 Å². The van der Waals surface area contributed by atoms with Crippen molar-refractivity contribution in [1.29, 1.82) is 0 Å². The Morgan fingerprint density at radius 2 is 2.00 bits per heavy atom. The van der Waals surface area contributed by atoms with Gasteiger partial charge in [-0.05, 0) is 63.2 Å². The highest BCUT2D eigenvalue weighted by atomic mass is 127. The van der Waals surface area contributed by atoms with E-state index in [2.05, 4.69) is 40.1 Å². The average Bonchev–Trinajstić information content (AvgIpc) is 3.04. The van der Waals surface area contributed by atoms with Crippen molar-refractivity contribution in [2.24, 2.45) is 23.5 Å². The van der Waals surface area contributed by atoms with Crippen molar-refractivity contribution >= 4 is 28.5 Å². The number of nitrogens with one attached hydrogen (secondary N) is 2. The van der Waals surface area contributed by atoms with E-state index < -0.39 is 0 Å². The number of carbonyl (C=O) groups excluding carboxylic acids is 1. The second kappa shape index (κ2) is 8.41. The summed E-state index contributed by atoms with van der Waals surface area (Å²) in [5.41, 5.74) is 8.58. The number of fused-ring (bicyclic) bond motifs is 1. The summed E-state index contributed by atoms with van der Waals surface area (Å²) in [6, 6.07) is 0. The monoisotopic (exact) mass is 419 g/mol. The molecule has 4 N–H and O–H groups in total. The summed E-state index contributed by atoms with van der Waals surface area (Å²) in [5.74, 6) is 2.93. The van der Waals surface area contributed by atoms with Crippen LogP contribution in [0.2, 0.25) is 0 Å². The van der Waals surface area contributed by atoms with Gasteiger partial charge in [0.05, 0.1) is 4.05 Å². The van der Waals surface area contributed by atoms with Crippen LogP contribution >= 0.6 is 22.6 Å². The molecule has 0 aliphatic heterocycles. The SMILES string of the molecule is CC(I)NC(=O)CCCCN/C1=C(\N)CCC2C(C)C2CC1. The average molecular weight is 419 g/mol. The zero-order chi connectivity index (χ0) is 16.1. The highest BCUT2D eigenvalue weighted by Crippen LogP contribution is 2.53. The molecule has 0 spiro atoms. The predicted molar refractivity (Wildman–Crippen MR) is 99.3 cm³/mol.